The van der Waals surface area contributed by atoms with E-state index in [1.54, 1.807) is 0 Å². The van der Waals surface area contributed by atoms with Gasteiger partial charge in [0.05, 0.1) is 0 Å². The van der Waals surface area contributed by atoms with Crippen molar-refractivity contribution in [1.82, 2.24) is 15.0 Å². The zero-order valence-electron chi connectivity index (χ0n) is 14.6. The molecule has 0 atom stereocenters. The minimum atomic E-state index is 0.224. The van der Waals surface area contributed by atoms with Crippen LogP contribution in [0.15, 0.2) is 28.8 Å². The lowest BCUT2D eigenvalue weighted by Crippen LogP contribution is -2.40. The Kier molecular flexibility index (Phi) is 6.08. The van der Waals surface area contributed by atoms with E-state index < -0.39 is 0 Å². The van der Waals surface area contributed by atoms with Gasteiger partial charge in [0.25, 0.3) is 0 Å². The molecule has 2 aromatic rings. The maximum atomic E-state index is 12.6. The van der Waals surface area contributed by atoms with E-state index in [9.17, 15) is 4.79 Å². The molecule has 6 heteroatoms. The number of carbonyl (C=O) groups excluding carboxylic acids is 1. The molecule has 0 radical (unpaired) electrons. The lowest BCUT2D eigenvalue weighted by molar-refractivity contribution is -0.138. The Morgan fingerprint density at radius 2 is 2.20 bits per heavy atom. The van der Waals surface area contributed by atoms with Gasteiger partial charge in [0.1, 0.15) is 0 Å². The van der Waals surface area contributed by atoms with Gasteiger partial charge in [0.15, 0.2) is 0 Å². The molecule has 3 rings (SSSR count). The van der Waals surface area contributed by atoms with Crippen molar-refractivity contribution in [1.29, 1.82) is 0 Å². The summed E-state index contributed by atoms with van der Waals surface area (Å²) in [6.45, 7) is 3.58. The van der Waals surface area contributed by atoms with Crippen LogP contribution in [0.5, 0.6) is 0 Å². The quantitative estimate of drug-likeness (QED) is 0.700. The third kappa shape index (κ3) is 4.60. The molecule has 1 aromatic carbocycles. The topological polar surface area (TPSA) is 59.2 Å². The average molecular weight is 362 g/mol. The molecule has 1 aromatic heterocycles. The molecular formula is C19H24ClN3O2. The number of carbonyl (C=O) groups is 1. The highest BCUT2D eigenvalue weighted by Crippen LogP contribution is 2.28. The van der Waals surface area contributed by atoms with E-state index in [4.69, 9.17) is 16.1 Å². The summed E-state index contributed by atoms with van der Waals surface area (Å²) in [5.41, 5.74) is 0.830. The number of hydrogen-bond donors (Lipinski definition) is 0. The second kappa shape index (κ2) is 8.48. The monoisotopic (exact) mass is 361 g/mol. The Morgan fingerprint density at radius 3 is 2.88 bits per heavy atom. The molecule has 1 heterocycles. The van der Waals surface area contributed by atoms with Gasteiger partial charge in [0, 0.05) is 36.0 Å². The van der Waals surface area contributed by atoms with E-state index in [-0.39, 0.29) is 11.8 Å². The fourth-order valence-corrected chi connectivity index (χ4v) is 3.12. The third-order valence-electron chi connectivity index (χ3n) is 4.69. The molecule has 0 saturated heterocycles. The predicted octanol–water partition coefficient (Wildman–Crippen LogP) is 4.36. The summed E-state index contributed by atoms with van der Waals surface area (Å²) in [5.74, 6) is 1.59. The van der Waals surface area contributed by atoms with E-state index in [0.717, 1.165) is 37.8 Å². The van der Waals surface area contributed by atoms with E-state index in [1.807, 2.05) is 29.2 Å². The van der Waals surface area contributed by atoms with Gasteiger partial charge in [-0.1, -0.05) is 48.7 Å². The molecule has 1 amide bonds. The van der Waals surface area contributed by atoms with Crippen LogP contribution in [-0.4, -0.2) is 34.0 Å². The van der Waals surface area contributed by atoms with E-state index >= 15 is 0 Å². The second-order valence-corrected chi connectivity index (χ2v) is 7.02. The summed E-state index contributed by atoms with van der Waals surface area (Å²) in [6.07, 6.45) is 5.91. The van der Waals surface area contributed by atoms with Gasteiger partial charge in [-0.2, -0.15) is 4.98 Å². The first-order chi connectivity index (χ1) is 12.2. The highest BCUT2D eigenvalue weighted by Gasteiger charge is 2.29. The molecule has 0 unspecified atom stereocenters. The van der Waals surface area contributed by atoms with Crippen molar-refractivity contribution in [2.24, 2.45) is 5.92 Å². The fourth-order valence-electron chi connectivity index (χ4n) is 2.93. The van der Waals surface area contributed by atoms with Crippen LogP contribution >= 0.6 is 11.6 Å². The van der Waals surface area contributed by atoms with Crippen LogP contribution in [0.2, 0.25) is 5.02 Å². The number of unbranched alkanes of at least 4 members (excludes halogenated alkanes) is 1. The van der Waals surface area contributed by atoms with E-state index in [0.29, 0.717) is 29.7 Å². The summed E-state index contributed by atoms with van der Waals surface area (Å²) in [4.78, 5) is 19.0. The van der Waals surface area contributed by atoms with E-state index in [2.05, 4.69) is 17.1 Å². The number of hydrogen-bond acceptors (Lipinski definition) is 4. The van der Waals surface area contributed by atoms with Crippen LogP contribution in [0, 0.1) is 5.92 Å². The van der Waals surface area contributed by atoms with Crippen LogP contribution in [0.4, 0.5) is 0 Å². The molecule has 1 aliphatic rings. The molecule has 25 heavy (non-hydrogen) atoms. The van der Waals surface area contributed by atoms with Crippen LogP contribution in [0.1, 0.15) is 44.9 Å². The maximum absolute atomic E-state index is 12.6. The lowest BCUT2D eigenvalue weighted by Gasteiger charge is -2.31. The summed E-state index contributed by atoms with van der Waals surface area (Å²) in [6, 6.07) is 7.37. The van der Waals surface area contributed by atoms with Crippen LogP contribution in [0.25, 0.3) is 11.4 Å². The Balaban J connectivity index is 1.61. The van der Waals surface area contributed by atoms with Gasteiger partial charge in [-0.15, -0.1) is 0 Å². The number of amides is 1. The number of halogens is 1. The van der Waals surface area contributed by atoms with Gasteiger partial charge in [-0.25, -0.2) is 0 Å². The van der Waals surface area contributed by atoms with Crippen molar-refractivity contribution in [3.05, 3.63) is 35.2 Å². The summed E-state index contributed by atoms with van der Waals surface area (Å²) in [7, 11) is 0. The Hall–Kier alpha value is -1.88. The van der Waals surface area contributed by atoms with Crippen molar-refractivity contribution >= 4 is 17.5 Å². The van der Waals surface area contributed by atoms with Crippen LogP contribution in [0.3, 0.4) is 0 Å². The zero-order chi connectivity index (χ0) is 17.6. The summed E-state index contributed by atoms with van der Waals surface area (Å²) >= 11 is 6.01. The van der Waals surface area contributed by atoms with E-state index in [1.165, 1.54) is 6.42 Å². The second-order valence-electron chi connectivity index (χ2n) is 6.58. The smallest absolute Gasteiger partial charge is 0.228 e. The highest BCUT2D eigenvalue weighted by atomic mass is 35.5. The molecule has 1 saturated carbocycles. The number of nitrogens with zero attached hydrogens (tertiary/aromatic N) is 3. The number of rotatable bonds is 8. The van der Waals surface area contributed by atoms with Gasteiger partial charge >= 0.3 is 0 Å². The minimum absolute atomic E-state index is 0.224. The zero-order valence-corrected chi connectivity index (χ0v) is 15.3. The predicted molar refractivity (Wildman–Crippen MR) is 97.3 cm³/mol. The number of benzene rings is 1. The van der Waals surface area contributed by atoms with Gasteiger partial charge < -0.3 is 9.42 Å². The standard InChI is InChI=1S/C19H24ClN3O2/c1-2-3-11-23(19(24)14-6-4-7-14)12-10-17-21-18(22-25-17)15-8-5-9-16(20)13-15/h5,8-9,13-14H,2-4,6-7,10-12H2,1H3. The Bertz CT molecular complexity index is 712. The molecule has 1 aliphatic carbocycles. The first-order valence-electron chi connectivity index (χ1n) is 9.04. The van der Waals surface area contributed by atoms with Crippen molar-refractivity contribution < 1.29 is 9.32 Å². The Labute approximate surface area is 153 Å². The maximum Gasteiger partial charge on any atom is 0.228 e. The average Bonchev–Trinajstić information content (AvgIpc) is 3.02. The molecule has 134 valence electrons. The minimum Gasteiger partial charge on any atom is -0.342 e. The Morgan fingerprint density at radius 1 is 1.36 bits per heavy atom. The fraction of sp³-hybridized carbons (Fsp3) is 0.526. The highest BCUT2D eigenvalue weighted by molar-refractivity contribution is 6.30. The molecule has 0 aliphatic heterocycles. The van der Waals surface area contributed by atoms with Crippen LogP contribution < -0.4 is 0 Å². The van der Waals surface area contributed by atoms with Gasteiger partial charge in [-0.05, 0) is 31.4 Å². The third-order valence-corrected chi connectivity index (χ3v) is 4.93. The van der Waals surface area contributed by atoms with Crippen LogP contribution in [-0.2, 0) is 11.2 Å². The van der Waals surface area contributed by atoms with Gasteiger partial charge in [-0.3, -0.25) is 4.79 Å². The molecule has 5 nitrogen and oxygen atoms in total. The first kappa shape index (κ1) is 17.9. The van der Waals surface area contributed by atoms with Crippen molar-refractivity contribution in [2.75, 3.05) is 13.1 Å². The SMILES string of the molecule is CCCCN(CCc1nc(-c2cccc(Cl)c2)no1)C(=O)C1CCC1. The van der Waals surface area contributed by atoms with Gasteiger partial charge in [0.2, 0.25) is 17.6 Å². The molecule has 0 spiro atoms. The lowest BCUT2D eigenvalue weighted by atomic mass is 9.84. The van der Waals surface area contributed by atoms with Crippen molar-refractivity contribution in [3.63, 3.8) is 0 Å². The molecule has 0 N–H and O–H groups in total. The summed E-state index contributed by atoms with van der Waals surface area (Å²) in [5, 5.41) is 4.67. The normalized spacial score (nSPS) is 14.3. The van der Waals surface area contributed by atoms with Crippen molar-refractivity contribution in [3.8, 4) is 11.4 Å². The largest absolute Gasteiger partial charge is 0.342 e. The summed E-state index contributed by atoms with van der Waals surface area (Å²) < 4.78 is 5.35. The first-order valence-corrected chi connectivity index (χ1v) is 9.42. The number of aromatic nitrogens is 2. The molecular weight excluding hydrogens is 338 g/mol. The molecule has 0 bridgehead atoms. The van der Waals surface area contributed by atoms with Crippen molar-refractivity contribution in [2.45, 2.75) is 45.4 Å². The molecule has 1 fully saturated rings.